The summed E-state index contributed by atoms with van der Waals surface area (Å²) in [7, 11) is 0. The smallest absolute Gasteiger partial charge is 0.317 e. The number of aromatic nitrogens is 16. The Morgan fingerprint density at radius 1 is 0.672 bits per heavy atom. The number of hydrogen-bond donors (Lipinski definition) is 7. The lowest BCUT2D eigenvalue weighted by atomic mass is 9.91. The third-order valence-electron chi connectivity index (χ3n) is 13.1. The fraction of sp³-hybridized carbons (Fsp3) is 0.649. The van der Waals surface area contributed by atoms with Gasteiger partial charge in [0.2, 0.25) is 10.6 Å². The molecule has 64 heavy (non-hydrogen) atoms. The zero-order chi connectivity index (χ0) is 44.4. The number of fused-ring (bicyclic) bond motifs is 2. The van der Waals surface area contributed by atoms with Crippen LogP contribution in [-0.2, 0) is 12.8 Å². The van der Waals surface area contributed by atoms with Crippen molar-refractivity contribution in [3.63, 3.8) is 0 Å². The van der Waals surface area contributed by atoms with Crippen LogP contribution in [0.25, 0.3) is 22.3 Å². The van der Waals surface area contributed by atoms with Crippen molar-refractivity contribution in [1.82, 2.24) is 89.7 Å². The van der Waals surface area contributed by atoms with E-state index in [-0.39, 0.29) is 34.7 Å². The summed E-state index contributed by atoms with van der Waals surface area (Å²) in [4.78, 5) is 45.1. The first-order chi connectivity index (χ1) is 31.0. The molecule has 0 unspecified atom stereocenters. The number of aryl methyl sites for hydroxylation is 2. The second-order valence-electron chi connectivity index (χ2n) is 17.0. The van der Waals surface area contributed by atoms with Crippen LogP contribution in [0.4, 0.5) is 16.4 Å². The number of halogens is 2. The van der Waals surface area contributed by atoms with Crippen LogP contribution in [0, 0.1) is 0 Å². The summed E-state index contributed by atoms with van der Waals surface area (Å²) >= 11 is 12.9. The monoisotopic (exact) mass is 922 g/mol. The Labute approximate surface area is 374 Å². The first-order valence-electron chi connectivity index (χ1n) is 21.6. The summed E-state index contributed by atoms with van der Waals surface area (Å²) in [6.45, 7) is 4.74. The molecule has 10 rings (SSSR count). The minimum atomic E-state index is -1.16. The normalized spacial score (nSPS) is 29.6. The van der Waals surface area contributed by atoms with Crippen molar-refractivity contribution in [3.05, 3.63) is 34.9 Å². The van der Waals surface area contributed by atoms with E-state index in [1.54, 1.807) is 26.7 Å². The van der Waals surface area contributed by atoms with E-state index in [1.807, 2.05) is 13.8 Å². The number of rotatable bonds is 11. The highest BCUT2D eigenvalue weighted by Crippen LogP contribution is 2.41. The van der Waals surface area contributed by atoms with Gasteiger partial charge in [0.15, 0.2) is 45.6 Å². The van der Waals surface area contributed by atoms with Crippen LogP contribution in [-0.4, -0.2) is 166 Å². The summed E-state index contributed by atoms with van der Waals surface area (Å²) in [6, 6.07) is -2.88. The van der Waals surface area contributed by atoms with E-state index >= 15 is 0 Å². The maximum Gasteiger partial charge on any atom is 0.317 e. The molecular weight excluding hydrogens is 875 g/mol. The number of urea groups is 1. The van der Waals surface area contributed by atoms with Crippen LogP contribution in [0.3, 0.4) is 0 Å². The Morgan fingerprint density at radius 2 is 1.17 bits per heavy atom. The molecule has 7 N–H and O–H groups in total. The van der Waals surface area contributed by atoms with Gasteiger partial charge in [0, 0.05) is 44.1 Å². The Hall–Kier alpha value is -5.47. The van der Waals surface area contributed by atoms with Crippen molar-refractivity contribution in [3.8, 4) is 0 Å². The number of imidazole rings is 2. The quantitative estimate of drug-likeness (QED) is 0.0884. The number of carbonyl (C=O) groups is 1. The fourth-order valence-corrected chi connectivity index (χ4v) is 10.0. The molecule has 25 nitrogen and oxygen atoms in total. The molecule has 11 atom stereocenters. The summed E-state index contributed by atoms with van der Waals surface area (Å²) in [6.07, 6.45) is 4.09. The number of aliphatic hydroxyl groups is 4. The van der Waals surface area contributed by atoms with Gasteiger partial charge in [-0.3, -0.25) is 0 Å². The standard InChI is InChI=1S/C37H48Cl2N20O5/c1-3-23-49-53-58(51-23)21-11-19(27(60)29(21)62)56-14-40-25-31(45-35(38)47-33(25)56)42-16-6-5-7-17(10-16)44-37(64)55-9-8-18(13-55)43-32-26-34(48-36(39)46-32)57(15-41-26)20-12-22(30(63)28(20)61)59-52-24(4-2)50-54-59/h14-22,27-30,60-63H,3-13H2,1-2H3,(H,44,64)(H,42,45,47)(H,43,46,48)/t16-,17-,18+,19+,20+,21-,22-,27-,28-,29+,30+/m0/s1. The molecule has 4 aliphatic rings. The first kappa shape index (κ1) is 42.5. The zero-order valence-corrected chi connectivity index (χ0v) is 36.4. The maximum atomic E-state index is 13.7. The fourth-order valence-electron chi connectivity index (χ4n) is 9.69. The molecule has 6 aromatic heterocycles. The molecule has 4 fully saturated rings. The largest absolute Gasteiger partial charge is 0.388 e. The molecule has 3 saturated carbocycles. The van der Waals surface area contributed by atoms with E-state index < -0.39 is 48.6 Å². The second-order valence-corrected chi connectivity index (χ2v) is 17.7. The molecule has 0 radical (unpaired) electrons. The highest BCUT2D eigenvalue weighted by molar-refractivity contribution is 6.29. The van der Waals surface area contributed by atoms with Gasteiger partial charge in [0.05, 0.1) is 24.7 Å². The minimum Gasteiger partial charge on any atom is -0.388 e. The molecule has 0 aromatic carbocycles. The number of likely N-dealkylation sites (tertiary alicyclic amines) is 1. The average Bonchev–Trinajstić information content (AvgIpc) is 4.15. The van der Waals surface area contributed by atoms with Crippen LogP contribution in [0.1, 0.15) is 94.6 Å². The molecule has 0 bridgehead atoms. The number of nitrogens with one attached hydrogen (secondary N) is 3. The number of anilines is 2. The summed E-state index contributed by atoms with van der Waals surface area (Å²) in [5.41, 5.74) is 1.70. The molecule has 3 aliphatic carbocycles. The van der Waals surface area contributed by atoms with Gasteiger partial charge in [-0.1, -0.05) is 13.8 Å². The van der Waals surface area contributed by atoms with Crippen molar-refractivity contribution in [2.75, 3.05) is 23.7 Å². The number of aliphatic hydroxyl groups excluding tert-OH is 4. The highest BCUT2D eigenvalue weighted by atomic mass is 35.5. The van der Waals surface area contributed by atoms with E-state index in [1.165, 1.54) is 9.59 Å². The van der Waals surface area contributed by atoms with Crippen molar-refractivity contribution < 1.29 is 25.2 Å². The Balaban J connectivity index is 0.766. The van der Waals surface area contributed by atoms with Crippen LogP contribution in [0.2, 0.25) is 10.6 Å². The van der Waals surface area contributed by atoms with Crippen molar-refractivity contribution in [2.24, 2.45) is 0 Å². The Kier molecular flexibility index (Phi) is 11.4. The van der Waals surface area contributed by atoms with Crippen LogP contribution < -0.4 is 16.0 Å². The summed E-state index contributed by atoms with van der Waals surface area (Å²) in [5.74, 6) is 1.92. The number of hydrogen-bond acceptors (Lipinski definition) is 19. The Morgan fingerprint density at radius 3 is 1.69 bits per heavy atom. The lowest BCUT2D eigenvalue weighted by molar-refractivity contribution is 0.00473. The Bertz CT molecular complexity index is 2660. The lowest BCUT2D eigenvalue weighted by Crippen LogP contribution is -2.47. The van der Waals surface area contributed by atoms with Crippen LogP contribution in [0.15, 0.2) is 12.7 Å². The van der Waals surface area contributed by atoms with Crippen LogP contribution in [0.5, 0.6) is 0 Å². The van der Waals surface area contributed by atoms with Gasteiger partial charge in [-0.2, -0.15) is 29.5 Å². The third-order valence-corrected chi connectivity index (χ3v) is 13.4. The van der Waals surface area contributed by atoms with Crippen LogP contribution >= 0.6 is 23.2 Å². The minimum absolute atomic E-state index is 0.00352. The van der Waals surface area contributed by atoms with Crippen molar-refractivity contribution >= 4 is 63.2 Å². The highest BCUT2D eigenvalue weighted by Gasteiger charge is 2.47. The predicted octanol–water partition coefficient (Wildman–Crippen LogP) is 0.806. The number of carbonyl (C=O) groups excluding carboxylic acids is 1. The molecule has 1 aliphatic heterocycles. The van der Waals surface area contributed by atoms with Crippen molar-refractivity contribution in [2.45, 2.75) is 138 Å². The second kappa shape index (κ2) is 17.2. The summed E-state index contributed by atoms with van der Waals surface area (Å²) in [5, 5.41) is 79.2. The molecule has 6 aromatic rings. The molecule has 2 amide bonds. The van der Waals surface area contributed by atoms with Gasteiger partial charge in [0.1, 0.15) is 36.5 Å². The zero-order valence-electron chi connectivity index (χ0n) is 34.8. The van der Waals surface area contributed by atoms with E-state index in [0.717, 1.165) is 19.3 Å². The average molecular weight is 924 g/mol. The van der Waals surface area contributed by atoms with E-state index in [4.69, 9.17) is 23.2 Å². The van der Waals surface area contributed by atoms with E-state index in [2.05, 4.69) is 76.7 Å². The topological polar surface area (TPSA) is 312 Å². The van der Waals surface area contributed by atoms with Gasteiger partial charge >= 0.3 is 6.03 Å². The van der Waals surface area contributed by atoms with Gasteiger partial charge in [-0.25, -0.2) is 14.8 Å². The summed E-state index contributed by atoms with van der Waals surface area (Å²) < 4.78 is 3.40. The molecule has 7 heterocycles. The molecule has 340 valence electrons. The SMILES string of the molecule is CCc1nnn([C@H]2C[C@@H](n3cnc4c(N[C@@H]5CCN(C(=O)N[C@H]6CCC[C@H](Nc7nc(Cl)nc8c7ncn8[C@@H]7C[C@H](n8nnc(CC)n8)[C@@H](O)[C@H]7O)C6)C5)nc(Cl)nc43)[C@H](O)[C@@H]2O)n1. The number of nitrogens with zero attached hydrogens (tertiary/aromatic N) is 17. The molecular formula is C37H48Cl2N20O5. The van der Waals surface area contributed by atoms with Gasteiger partial charge in [-0.05, 0) is 78.6 Å². The van der Waals surface area contributed by atoms with Gasteiger partial charge in [-0.15, -0.1) is 20.4 Å². The molecule has 1 saturated heterocycles. The first-order valence-corrected chi connectivity index (χ1v) is 22.4. The molecule has 27 heteroatoms. The number of tetrazole rings is 2. The van der Waals surface area contributed by atoms with E-state index in [0.29, 0.717) is 97.2 Å². The molecule has 0 spiro atoms. The maximum absolute atomic E-state index is 13.7. The van der Waals surface area contributed by atoms with Gasteiger partial charge < -0.3 is 50.4 Å². The predicted molar refractivity (Wildman–Crippen MR) is 226 cm³/mol. The number of amides is 2. The van der Waals surface area contributed by atoms with Gasteiger partial charge in [0.25, 0.3) is 0 Å². The van der Waals surface area contributed by atoms with Crippen molar-refractivity contribution in [1.29, 1.82) is 0 Å². The van der Waals surface area contributed by atoms with E-state index in [9.17, 15) is 25.2 Å². The third kappa shape index (κ3) is 7.80. The lowest BCUT2D eigenvalue weighted by Gasteiger charge is -2.32.